The highest BCUT2D eigenvalue weighted by atomic mass is 16.2. The van der Waals surface area contributed by atoms with Gasteiger partial charge in [0.1, 0.15) is 0 Å². The molecule has 1 aliphatic rings. The van der Waals surface area contributed by atoms with E-state index in [9.17, 15) is 4.79 Å². The Morgan fingerprint density at radius 3 is 1.67 bits per heavy atom. The third kappa shape index (κ3) is 7.54. The minimum Gasteiger partial charge on any atom is -0.349 e. The van der Waals surface area contributed by atoms with Crippen LogP contribution in [0.5, 0.6) is 0 Å². The third-order valence-electron chi connectivity index (χ3n) is 1.84. The molecule has 0 aromatic heterocycles. The SMILES string of the molecule is C1CCNCC1.CC(=O)N(C)C. The van der Waals surface area contributed by atoms with Crippen LogP contribution < -0.4 is 5.32 Å². The third-order valence-corrected chi connectivity index (χ3v) is 1.84. The Morgan fingerprint density at radius 1 is 1.17 bits per heavy atom. The highest BCUT2D eigenvalue weighted by molar-refractivity contribution is 5.72. The zero-order valence-electron chi connectivity index (χ0n) is 8.39. The molecular formula is C9H20N2O. The molecular weight excluding hydrogens is 152 g/mol. The average Bonchev–Trinajstić information content (AvgIpc) is 2.08. The zero-order chi connectivity index (χ0) is 9.40. The van der Waals surface area contributed by atoms with Crippen molar-refractivity contribution in [1.82, 2.24) is 10.2 Å². The van der Waals surface area contributed by atoms with Crippen molar-refractivity contribution in [3.8, 4) is 0 Å². The van der Waals surface area contributed by atoms with Gasteiger partial charge in [-0.1, -0.05) is 6.42 Å². The number of carbonyl (C=O) groups excluding carboxylic acids is 1. The molecule has 1 saturated heterocycles. The van der Waals surface area contributed by atoms with Crippen molar-refractivity contribution >= 4 is 5.91 Å². The smallest absolute Gasteiger partial charge is 0.218 e. The van der Waals surface area contributed by atoms with Gasteiger partial charge in [-0.05, 0) is 25.9 Å². The quantitative estimate of drug-likeness (QED) is 0.587. The first-order valence-corrected chi connectivity index (χ1v) is 4.53. The van der Waals surface area contributed by atoms with Crippen molar-refractivity contribution in [2.45, 2.75) is 26.2 Å². The molecule has 1 rings (SSSR count). The zero-order valence-corrected chi connectivity index (χ0v) is 8.39. The Morgan fingerprint density at radius 2 is 1.58 bits per heavy atom. The van der Waals surface area contributed by atoms with Crippen molar-refractivity contribution in [1.29, 1.82) is 0 Å². The second kappa shape index (κ2) is 7.10. The maximum Gasteiger partial charge on any atom is 0.218 e. The molecule has 3 heteroatoms. The second-order valence-electron chi connectivity index (χ2n) is 3.22. The Bertz CT molecular complexity index is 108. The fourth-order valence-corrected chi connectivity index (χ4v) is 0.802. The highest BCUT2D eigenvalue weighted by Gasteiger charge is 1.93. The van der Waals surface area contributed by atoms with Gasteiger partial charge in [-0.25, -0.2) is 0 Å². The minimum absolute atomic E-state index is 0.0926. The topological polar surface area (TPSA) is 32.3 Å². The first kappa shape index (κ1) is 11.4. The van der Waals surface area contributed by atoms with Gasteiger partial charge in [-0.2, -0.15) is 0 Å². The van der Waals surface area contributed by atoms with E-state index in [1.54, 1.807) is 14.1 Å². The van der Waals surface area contributed by atoms with Crippen molar-refractivity contribution in [3.05, 3.63) is 0 Å². The van der Waals surface area contributed by atoms with Crippen LogP contribution in [0.4, 0.5) is 0 Å². The number of rotatable bonds is 0. The van der Waals surface area contributed by atoms with E-state index < -0.39 is 0 Å². The number of piperidine rings is 1. The monoisotopic (exact) mass is 172 g/mol. The molecule has 12 heavy (non-hydrogen) atoms. The predicted molar refractivity (Wildman–Crippen MR) is 51.1 cm³/mol. The summed E-state index contributed by atoms with van der Waals surface area (Å²) in [6.07, 6.45) is 4.22. The van der Waals surface area contributed by atoms with Crippen LogP contribution in [0, 0.1) is 0 Å². The summed E-state index contributed by atoms with van der Waals surface area (Å²) >= 11 is 0. The van der Waals surface area contributed by atoms with Crippen LogP contribution in [0.25, 0.3) is 0 Å². The molecule has 1 heterocycles. The first-order valence-electron chi connectivity index (χ1n) is 4.53. The van der Waals surface area contributed by atoms with Crippen LogP contribution in [0.3, 0.4) is 0 Å². The van der Waals surface area contributed by atoms with E-state index in [0.29, 0.717) is 0 Å². The Hall–Kier alpha value is -0.570. The molecule has 1 amide bonds. The molecule has 0 aromatic carbocycles. The predicted octanol–water partition coefficient (Wildman–Crippen LogP) is 0.854. The maximum absolute atomic E-state index is 10.1. The van der Waals surface area contributed by atoms with Crippen LogP contribution in [0.1, 0.15) is 26.2 Å². The molecule has 0 aliphatic carbocycles. The van der Waals surface area contributed by atoms with E-state index in [1.165, 1.54) is 44.2 Å². The molecule has 72 valence electrons. The number of nitrogens with zero attached hydrogens (tertiary/aromatic N) is 1. The van der Waals surface area contributed by atoms with Gasteiger partial charge in [0.05, 0.1) is 0 Å². The van der Waals surface area contributed by atoms with Crippen LogP contribution in [-0.4, -0.2) is 38.0 Å². The summed E-state index contributed by atoms with van der Waals surface area (Å²) in [6, 6.07) is 0. The molecule has 1 N–H and O–H groups in total. The lowest BCUT2D eigenvalue weighted by Crippen LogP contribution is -2.21. The molecule has 0 aromatic rings. The maximum atomic E-state index is 10.1. The van der Waals surface area contributed by atoms with Gasteiger partial charge in [0.15, 0.2) is 0 Å². The molecule has 0 radical (unpaired) electrons. The van der Waals surface area contributed by atoms with Crippen LogP contribution in [0.15, 0.2) is 0 Å². The highest BCUT2D eigenvalue weighted by Crippen LogP contribution is 1.96. The summed E-state index contributed by atoms with van der Waals surface area (Å²) < 4.78 is 0. The summed E-state index contributed by atoms with van der Waals surface area (Å²) in [7, 11) is 3.45. The van der Waals surface area contributed by atoms with Crippen LogP contribution >= 0.6 is 0 Å². The normalized spacial score (nSPS) is 15.9. The molecule has 1 aliphatic heterocycles. The molecule has 3 nitrogen and oxygen atoms in total. The summed E-state index contributed by atoms with van der Waals surface area (Å²) in [5.74, 6) is 0.0926. The van der Waals surface area contributed by atoms with Crippen molar-refractivity contribution < 1.29 is 4.79 Å². The van der Waals surface area contributed by atoms with E-state index in [0.717, 1.165) is 0 Å². The Kier molecular flexibility index (Phi) is 6.76. The fraction of sp³-hybridized carbons (Fsp3) is 0.889. The number of nitrogens with one attached hydrogen (secondary N) is 1. The Balaban J connectivity index is 0.000000202. The van der Waals surface area contributed by atoms with E-state index >= 15 is 0 Å². The average molecular weight is 172 g/mol. The molecule has 0 spiro atoms. The number of carbonyl (C=O) groups is 1. The van der Waals surface area contributed by atoms with Gasteiger partial charge in [0, 0.05) is 21.0 Å². The molecule has 0 atom stereocenters. The standard InChI is InChI=1S/C5H11N.C4H9NO/c1-2-4-6-5-3-1;1-4(6)5(2)3/h6H,1-5H2;1-3H3. The minimum atomic E-state index is 0.0926. The van der Waals surface area contributed by atoms with Crippen molar-refractivity contribution in [2.24, 2.45) is 0 Å². The van der Waals surface area contributed by atoms with Crippen LogP contribution in [-0.2, 0) is 4.79 Å². The van der Waals surface area contributed by atoms with Crippen molar-refractivity contribution in [2.75, 3.05) is 27.2 Å². The lowest BCUT2D eigenvalue weighted by molar-refractivity contribution is -0.126. The van der Waals surface area contributed by atoms with E-state index in [2.05, 4.69) is 5.32 Å². The van der Waals surface area contributed by atoms with Crippen molar-refractivity contribution in [3.63, 3.8) is 0 Å². The lowest BCUT2D eigenvalue weighted by atomic mass is 10.2. The van der Waals surface area contributed by atoms with Gasteiger partial charge < -0.3 is 10.2 Å². The first-order chi connectivity index (χ1) is 5.64. The lowest BCUT2D eigenvalue weighted by Gasteiger charge is -2.08. The molecule has 1 fully saturated rings. The Labute approximate surface area is 75.1 Å². The van der Waals surface area contributed by atoms with E-state index in [-0.39, 0.29) is 5.91 Å². The van der Waals surface area contributed by atoms with E-state index in [1.807, 2.05) is 0 Å². The fourth-order valence-electron chi connectivity index (χ4n) is 0.802. The molecule has 0 bridgehead atoms. The molecule has 0 saturated carbocycles. The summed E-state index contributed by atoms with van der Waals surface area (Å²) in [4.78, 5) is 11.6. The number of hydrogen-bond donors (Lipinski definition) is 1. The van der Waals surface area contributed by atoms with Gasteiger partial charge in [0.25, 0.3) is 0 Å². The van der Waals surface area contributed by atoms with E-state index in [4.69, 9.17) is 0 Å². The van der Waals surface area contributed by atoms with Gasteiger partial charge in [-0.3, -0.25) is 4.79 Å². The van der Waals surface area contributed by atoms with Crippen LogP contribution in [0.2, 0.25) is 0 Å². The van der Waals surface area contributed by atoms with Gasteiger partial charge in [-0.15, -0.1) is 0 Å². The largest absolute Gasteiger partial charge is 0.349 e. The molecule has 0 unspecified atom stereocenters. The number of hydrogen-bond acceptors (Lipinski definition) is 2. The van der Waals surface area contributed by atoms with Gasteiger partial charge in [0.2, 0.25) is 5.91 Å². The summed E-state index contributed by atoms with van der Waals surface area (Å²) in [6.45, 7) is 4.03. The number of amides is 1. The summed E-state index contributed by atoms with van der Waals surface area (Å²) in [5.41, 5.74) is 0. The second-order valence-corrected chi connectivity index (χ2v) is 3.22. The van der Waals surface area contributed by atoms with Gasteiger partial charge >= 0.3 is 0 Å². The summed E-state index contributed by atoms with van der Waals surface area (Å²) in [5, 5.41) is 3.28.